The van der Waals surface area contributed by atoms with Crippen molar-refractivity contribution >= 4 is 37.2 Å². The Morgan fingerprint density at radius 1 is 1.48 bits per heavy atom. The van der Waals surface area contributed by atoms with Crippen LogP contribution in [-0.4, -0.2) is 28.8 Å². The van der Waals surface area contributed by atoms with Gasteiger partial charge in [-0.05, 0) is 50.1 Å². The highest BCUT2D eigenvalue weighted by atomic mass is 32.1. The van der Waals surface area contributed by atoms with Crippen LogP contribution in [0.5, 0.6) is 0 Å². The van der Waals surface area contributed by atoms with Gasteiger partial charge in [-0.15, -0.1) is 0 Å². The SMILES string of the molecule is C=N/C(=C1/c2cc[nH]c2N=CN1N)C1CCC(CS)CC1. The predicted octanol–water partition coefficient (Wildman–Crippen LogP) is 2.97. The number of nitrogens with one attached hydrogen (secondary N) is 1. The number of rotatable bonds is 3. The normalized spacial score (nSPS) is 27.4. The Hall–Kier alpha value is -1.53. The Labute approximate surface area is 130 Å². The summed E-state index contributed by atoms with van der Waals surface area (Å²) < 4.78 is 0. The lowest BCUT2D eigenvalue weighted by Gasteiger charge is -2.31. The first kappa shape index (κ1) is 14.4. The third-order valence-corrected chi connectivity index (χ3v) is 4.97. The number of nitrogens with two attached hydrogens (primary N) is 1. The Morgan fingerprint density at radius 2 is 2.24 bits per heavy atom. The van der Waals surface area contributed by atoms with Crippen LogP contribution < -0.4 is 5.84 Å². The van der Waals surface area contributed by atoms with Crippen LogP contribution in [0.3, 0.4) is 0 Å². The minimum absolute atomic E-state index is 0.411. The van der Waals surface area contributed by atoms with Gasteiger partial charge in [0.15, 0.2) is 0 Å². The first-order chi connectivity index (χ1) is 10.2. The Kier molecular flexibility index (Phi) is 4.17. The summed E-state index contributed by atoms with van der Waals surface area (Å²) in [6, 6.07) is 1.99. The monoisotopic (exact) mass is 303 g/mol. The molecule has 0 bridgehead atoms. The van der Waals surface area contributed by atoms with Crippen molar-refractivity contribution in [2.24, 2.45) is 27.7 Å². The lowest BCUT2D eigenvalue weighted by atomic mass is 9.80. The van der Waals surface area contributed by atoms with Gasteiger partial charge in [0, 0.05) is 17.7 Å². The molecule has 0 amide bonds. The molecule has 0 unspecified atom stereocenters. The van der Waals surface area contributed by atoms with Crippen molar-refractivity contribution < 1.29 is 0 Å². The molecule has 3 rings (SSSR count). The average Bonchev–Trinajstić information content (AvgIpc) is 2.99. The van der Waals surface area contributed by atoms with Crippen LogP contribution in [0.1, 0.15) is 31.2 Å². The van der Waals surface area contributed by atoms with Crippen molar-refractivity contribution in [1.29, 1.82) is 0 Å². The molecule has 0 radical (unpaired) electrons. The molecule has 1 aliphatic carbocycles. The largest absolute Gasteiger partial charge is 0.346 e. The average molecular weight is 303 g/mol. The topological polar surface area (TPSA) is 69.8 Å². The van der Waals surface area contributed by atoms with Crippen LogP contribution in [0, 0.1) is 11.8 Å². The van der Waals surface area contributed by atoms with Gasteiger partial charge >= 0.3 is 0 Å². The van der Waals surface area contributed by atoms with Crippen molar-refractivity contribution in [2.75, 3.05) is 5.75 Å². The summed E-state index contributed by atoms with van der Waals surface area (Å²) in [6.07, 6.45) is 8.12. The number of hydrazine groups is 1. The van der Waals surface area contributed by atoms with E-state index in [9.17, 15) is 0 Å². The van der Waals surface area contributed by atoms with Crippen molar-refractivity contribution in [1.82, 2.24) is 9.99 Å². The fraction of sp³-hybridized carbons (Fsp3) is 0.467. The van der Waals surface area contributed by atoms with E-state index in [-0.39, 0.29) is 0 Å². The molecule has 2 heterocycles. The molecular formula is C15H21N5S. The van der Waals surface area contributed by atoms with Crippen LogP contribution in [0.15, 0.2) is 27.9 Å². The fourth-order valence-electron chi connectivity index (χ4n) is 3.26. The van der Waals surface area contributed by atoms with Gasteiger partial charge in [-0.2, -0.15) is 12.6 Å². The second-order valence-electron chi connectivity index (χ2n) is 5.68. The second-order valence-corrected chi connectivity index (χ2v) is 6.05. The maximum Gasteiger partial charge on any atom is 0.141 e. The smallest absolute Gasteiger partial charge is 0.141 e. The fourth-order valence-corrected chi connectivity index (χ4v) is 3.63. The Bertz CT molecular complexity index is 581. The molecule has 0 saturated heterocycles. The molecule has 3 N–H and O–H groups in total. The van der Waals surface area contributed by atoms with E-state index in [1.807, 2.05) is 12.3 Å². The lowest BCUT2D eigenvalue weighted by molar-refractivity contribution is 0.322. The molecule has 1 fully saturated rings. The maximum absolute atomic E-state index is 6.10. The molecule has 21 heavy (non-hydrogen) atoms. The number of aliphatic imine (C=N–C) groups is 2. The van der Waals surface area contributed by atoms with Gasteiger partial charge in [-0.1, -0.05) is 0 Å². The number of aromatic nitrogens is 1. The van der Waals surface area contributed by atoms with E-state index in [0.29, 0.717) is 5.92 Å². The van der Waals surface area contributed by atoms with E-state index in [0.717, 1.165) is 47.3 Å². The molecule has 1 aliphatic heterocycles. The molecule has 0 atom stereocenters. The number of hydrogen-bond donors (Lipinski definition) is 3. The second kappa shape index (κ2) is 6.07. The molecule has 0 aromatic carbocycles. The summed E-state index contributed by atoms with van der Waals surface area (Å²) in [5.41, 5.74) is 2.91. The highest BCUT2D eigenvalue weighted by Crippen LogP contribution is 2.40. The standard InChI is InChI=1S/C15H21N5S/c1-17-13(11-4-2-10(8-21)3-5-11)14-12-6-7-18-15(12)19-9-20(14)16/h6-7,9-11,18,21H,1-5,8,16H2/b14-13-. The zero-order valence-electron chi connectivity index (χ0n) is 12.0. The third-order valence-electron chi connectivity index (χ3n) is 4.45. The first-order valence-electron chi connectivity index (χ1n) is 7.32. The van der Waals surface area contributed by atoms with Crippen LogP contribution in [0.4, 0.5) is 5.82 Å². The molecule has 1 aromatic rings. The van der Waals surface area contributed by atoms with Crippen molar-refractivity contribution in [2.45, 2.75) is 25.7 Å². The highest BCUT2D eigenvalue weighted by Gasteiger charge is 2.28. The molecule has 2 aliphatic rings. The Morgan fingerprint density at radius 3 is 2.90 bits per heavy atom. The highest BCUT2D eigenvalue weighted by molar-refractivity contribution is 7.80. The summed E-state index contributed by atoms with van der Waals surface area (Å²) in [6.45, 7) is 3.78. The van der Waals surface area contributed by atoms with Crippen molar-refractivity contribution in [3.8, 4) is 0 Å². The summed E-state index contributed by atoms with van der Waals surface area (Å²) in [7, 11) is 0. The maximum atomic E-state index is 6.10. The molecule has 1 aromatic heterocycles. The van der Waals surface area contributed by atoms with Crippen molar-refractivity contribution in [3.05, 3.63) is 23.5 Å². The molecule has 0 spiro atoms. The zero-order chi connectivity index (χ0) is 14.8. The minimum atomic E-state index is 0.411. The number of H-pyrrole nitrogens is 1. The third kappa shape index (κ3) is 2.65. The summed E-state index contributed by atoms with van der Waals surface area (Å²) in [4.78, 5) is 11.7. The lowest BCUT2D eigenvalue weighted by Crippen LogP contribution is -2.31. The predicted molar refractivity (Wildman–Crippen MR) is 90.7 cm³/mol. The van der Waals surface area contributed by atoms with E-state index in [1.54, 1.807) is 11.3 Å². The van der Waals surface area contributed by atoms with Crippen LogP contribution in [-0.2, 0) is 0 Å². The van der Waals surface area contributed by atoms with Crippen molar-refractivity contribution in [3.63, 3.8) is 0 Å². The van der Waals surface area contributed by atoms with Crippen LogP contribution in [0.25, 0.3) is 5.70 Å². The van der Waals surface area contributed by atoms with E-state index < -0.39 is 0 Å². The number of thiol groups is 1. The number of hydrogen-bond acceptors (Lipinski definition) is 5. The van der Waals surface area contributed by atoms with Gasteiger partial charge in [0.05, 0.1) is 11.4 Å². The molecule has 5 nitrogen and oxygen atoms in total. The molecule has 112 valence electrons. The summed E-state index contributed by atoms with van der Waals surface area (Å²) >= 11 is 4.41. The van der Waals surface area contributed by atoms with E-state index in [1.165, 1.54) is 12.8 Å². The zero-order valence-corrected chi connectivity index (χ0v) is 12.9. The molecule has 1 saturated carbocycles. The molecular weight excluding hydrogens is 282 g/mol. The number of fused-ring (bicyclic) bond motifs is 1. The van der Waals surface area contributed by atoms with E-state index in [4.69, 9.17) is 5.84 Å². The van der Waals surface area contributed by atoms with Gasteiger partial charge in [-0.3, -0.25) is 10.0 Å². The minimum Gasteiger partial charge on any atom is -0.346 e. The van der Waals surface area contributed by atoms with Gasteiger partial charge in [0.25, 0.3) is 0 Å². The summed E-state index contributed by atoms with van der Waals surface area (Å²) in [5, 5.41) is 1.56. The van der Waals surface area contributed by atoms with E-state index >= 15 is 0 Å². The van der Waals surface area contributed by atoms with Gasteiger partial charge in [0.2, 0.25) is 0 Å². The van der Waals surface area contributed by atoms with E-state index in [2.05, 4.69) is 34.3 Å². The van der Waals surface area contributed by atoms with Gasteiger partial charge < -0.3 is 4.98 Å². The quantitative estimate of drug-likeness (QED) is 0.456. The van der Waals surface area contributed by atoms with Gasteiger partial charge in [-0.25, -0.2) is 10.8 Å². The molecule has 6 heteroatoms. The number of allylic oxidation sites excluding steroid dienone is 1. The number of aromatic amines is 1. The van der Waals surface area contributed by atoms with Crippen LogP contribution in [0.2, 0.25) is 0 Å². The summed E-state index contributed by atoms with van der Waals surface area (Å²) in [5.74, 6) is 9.04. The number of nitrogens with zero attached hydrogens (tertiary/aromatic N) is 3. The van der Waals surface area contributed by atoms with Gasteiger partial charge in [0.1, 0.15) is 12.2 Å². The Balaban J connectivity index is 1.95. The van der Waals surface area contributed by atoms with Crippen LogP contribution >= 0.6 is 12.6 Å². The first-order valence-corrected chi connectivity index (χ1v) is 7.95.